The summed E-state index contributed by atoms with van der Waals surface area (Å²) < 4.78 is 6.31. The molecule has 0 saturated heterocycles. The van der Waals surface area contributed by atoms with Crippen molar-refractivity contribution in [3.05, 3.63) is 52.5 Å². The van der Waals surface area contributed by atoms with Gasteiger partial charge in [0, 0.05) is 22.9 Å². The lowest BCUT2D eigenvalue weighted by atomic mass is 9.76. The smallest absolute Gasteiger partial charge is 0.219 e. The molecule has 34 heavy (non-hydrogen) atoms. The van der Waals surface area contributed by atoms with Crippen LogP contribution in [0.4, 0.5) is 5.13 Å². The highest BCUT2D eigenvalue weighted by Crippen LogP contribution is 2.48. The zero-order valence-corrected chi connectivity index (χ0v) is 20.8. The second-order valence-electron chi connectivity index (χ2n) is 8.82. The molecule has 1 aromatic carbocycles. The number of ether oxygens (including phenoxy) is 1. The summed E-state index contributed by atoms with van der Waals surface area (Å²) >= 11 is 3.28. The van der Waals surface area contributed by atoms with Crippen molar-refractivity contribution in [2.24, 2.45) is 5.73 Å². The first-order valence-corrected chi connectivity index (χ1v) is 13.4. The highest BCUT2D eigenvalue weighted by Gasteiger charge is 2.41. The molecule has 1 saturated carbocycles. The summed E-state index contributed by atoms with van der Waals surface area (Å²) in [7, 11) is 1.60. The standard InChI is InChI=1S/C25H27N5O2S2/c1-32-16-8-5-7-15(13-16)21-18(14-26)23(27)30(19-11-6-12-20(31)22(19)21)24-28-29-25(34-24)33-17-9-3-2-4-10-17/h5,7-8,13,17,21H,2-4,6,9-12,27H2,1H3. The molecule has 2 heterocycles. The second-order valence-corrected chi connectivity index (χ2v) is 11.3. The van der Waals surface area contributed by atoms with Gasteiger partial charge < -0.3 is 10.5 Å². The second kappa shape index (κ2) is 9.80. The minimum atomic E-state index is -0.511. The van der Waals surface area contributed by atoms with Crippen LogP contribution >= 0.6 is 23.1 Å². The van der Waals surface area contributed by atoms with Crippen LogP contribution in [-0.2, 0) is 4.79 Å². The number of hydrogen-bond donors (Lipinski definition) is 1. The number of nitrogens with two attached hydrogens (primary N) is 1. The van der Waals surface area contributed by atoms with E-state index in [-0.39, 0.29) is 5.78 Å². The summed E-state index contributed by atoms with van der Waals surface area (Å²) in [5.41, 5.74) is 9.31. The summed E-state index contributed by atoms with van der Waals surface area (Å²) in [4.78, 5) is 15.1. The molecule has 1 aromatic heterocycles. The van der Waals surface area contributed by atoms with E-state index in [1.165, 1.54) is 43.4 Å². The molecule has 5 rings (SSSR count). The van der Waals surface area contributed by atoms with Crippen molar-refractivity contribution in [2.75, 3.05) is 12.0 Å². The first-order valence-electron chi connectivity index (χ1n) is 11.7. The first kappa shape index (κ1) is 22.9. The molecule has 3 aliphatic rings. The first-order chi connectivity index (χ1) is 16.6. The number of rotatable bonds is 5. The summed E-state index contributed by atoms with van der Waals surface area (Å²) in [6, 6.07) is 9.82. The Labute approximate surface area is 207 Å². The maximum Gasteiger partial charge on any atom is 0.219 e. The van der Waals surface area contributed by atoms with Gasteiger partial charge in [0.25, 0.3) is 0 Å². The van der Waals surface area contributed by atoms with Gasteiger partial charge in [-0.25, -0.2) is 0 Å². The van der Waals surface area contributed by atoms with Gasteiger partial charge >= 0.3 is 0 Å². The van der Waals surface area contributed by atoms with Crippen LogP contribution in [0, 0.1) is 11.3 Å². The Bertz CT molecular complexity index is 1210. The Hall–Kier alpha value is -2.83. The number of nitriles is 1. The third-order valence-corrected chi connectivity index (χ3v) is 9.08. The van der Waals surface area contributed by atoms with Crippen LogP contribution in [0.2, 0.25) is 0 Å². The van der Waals surface area contributed by atoms with E-state index in [0.29, 0.717) is 45.9 Å². The molecule has 0 radical (unpaired) electrons. The van der Waals surface area contributed by atoms with Crippen LogP contribution < -0.4 is 15.4 Å². The van der Waals surface area contributed by atoms with Crippen LogP contribution in [0.25, 0.3) is 0 Å². The highest BCUT2D eigenvalue weighted by molar-refractivity contribution is 8.01. The fourth-order valence-corrected chi connectivity index (χ4v) is 7.51. The van der Waals surface area contributed by atoms with E-state index in [4.69, 9.17) is 10.5 Å². The Morgan fingerprint density at radius 3 is 2.79 bits per heavy atom. The number of carbonyl (C=O) groups is 1. The van der Waals surface area contributed by atoms with Gasteiger partial charge in [0.15, 0.2) is 10.1 Å². The number of hydrogen-bond acceptors (Lipinski definition) is 9. The summed E-state index contributed by atoms with van der Waals surface area (Å²) in [6.07, 6.45) is 8.16. The van der Waals surface area contributed by atoms with Crippen molar-refractivity contribution in [2.45, 2.75) is 66.9 Å². The molecule has 1 aliphatic heterocycles. The van der Waals surface area contributed by atoms with Crippen molar-refractivity contribution in [1.82, 2.24) is 10.2 Å². The van der Waals surface area contributed by atoms with Crippen LogP contribution in [0.3, 0.4) is 0 Å². The van der Waals surface area contributed by atoms with E-state index >= 15 is 0 Å². The van der Waals surface area contributed by atoms with Gasteiger partial charge in [-0.05, 0) is 43.4 Å². The van der Waals surface area contributed by atoms with Crippen LogP contribution in [0.5, 0.6) is 5.75 Å². The van der Waals surface area contributed by atoms with E-state index in [1.54, 1.807) is 18.9 Å². The number of nitrogens with zero attached hydrogens (tertiary/aromatic N) is 4. The zero-order chi connectivity index (χ0) is 23.7. The Morgan fingerprint density at radius 1 is 1.21 bits per heavy atom. The minimum Gasteiger partial charge on any atom is -0.497 e. The fourth-order valence-electron chi connectivity index (χ4n) is 5.13. The summed E-state index contributed by atoms with van der Waals surface area (Å²) in [5, 5.41) is 20.2. The molecule has 0 spiro atoms. The van der Waals surface area contributed by atoms with Crippen molar-refractivity contribution >= 4 is 34.0 Å². The Kier molecular flexibility index (Phi) is 6.61. The van der Waals surface area contributed by atoms with E-state index < -0.39 is 5.92 Å². The number of aromatic nitrogens is 2. The lowest BCUT2D eigenvalue weighted by Gasteiger charge is -2.38. The zero-order valence-electron chi connectivity index (χ0n) is 19.1. The number of carbonyl (C=O) groups excluding carboxylic acids is 1. The molecular formula is C25H27N5O2S2. The van der Waals surface area contributed by atoms with E-state index in [2.05, 4.69) is 16.3 Å². The van der Waals surface area contributed by atoms with Crippen molar-refractivity contribution in [3.63, 3.8) is 0 Å². The monoisotopic (exact) mass is 493 g/mol. The Balaban J connectivity index is 1.56. The molecular weight excluding hydrogens is 466 g/mol. The van der Waals surface area contributed by atoms with Crippen LogP contribution in [0.1, 0.15) is 62.8 Å². The Morgan fingerprint density at radius 2 is 2.03 bits per heavy atom. The quantitative estimate of drug-likeness (QED) is 0.600. The van der Waals surface area contributed by atoms with E-state index in [9.17, 15) is 10.1 Å². The predicted octanol–water partition coefficient (Wildman–Crippen LogP) is 5.28. The topological polar surface area (TPSA) is 105 Å². The lowest BCUT2D eigenvalue weighted by Crippen LogP contribution is -2.38. The molecule has 176 valence electrons. The maximum atomic E-state index is 13.3. The van der Waals surface area contributed by atoms with Crippen molar-refractivity contribution in [3.8, 4) is 11.8 Å². The number of benzene rings is 1. The molecule has 1 unspecified atom stereocenters. The molecule has 2 aromatic rings. The number of anilines is 1. The van der Waals surface area contributed by atoms with Gasteiger partial charge in [-0.2, -0.15) is 5.26 Å². The lowest BCUT2D eigenvalue weighted by molar-refractivity contribution is -0.116. The number of ketones is 1. The molecule has 2 N–H and O–H groups in total. The summed E-state index contributed by atoms with van der Waals surface area (Å²) in [5.74, 6) is 0.549. The SMILES string of the molecule is COc1cccc(C2C(C#N)=C(N)N(c3nnc(SC4CCCCC4)s3)C3=C2C(=O)CCC3)c1. The van der Waals surface area contributed by atoms with Gasteiger partial charge in [-0.3, -0.25) is 9.69 Å². The van der Waals surface area contributed by atoms with Gasteiger partial charge in [-0.15, -0.1) is 10.2 Å². The average molecular weight is 494 g/mol. The average Bonchev–Trinajstić information content (AvgIpc) is 3.31. The number of methoxy groups -OCH3 is 1. The minimum absolute atomic E-state index is 0.0561. The molecule has 0 amide bonds. The summed E-state index contributed by atoms with van der Waals surface area (Å²) in [6.45, 7) is 0. The van der Waals surface area contributed by atoms with Gasteiger partial charge in [-0.1, -0.05) is 54.5 Å². The molecule has 1 atom stereocenters. The third-order valence-electron chi connectivity index (χ3n) is 6.75. The van der Waals surface area contributed by atoms with Crippen molar-refractivity contribution < 1.29 is 9.53 Å². The van der Waals surface area contributed by atoms with Crippen molar-refractivity contribution in [1.29, 1.82) is 5.26 Å². The van der Waals surface area contributed by atoms with E-state index in [1.807, 2.05) is 29.2 Å². The molecule has 1 fully saturated rings. The largest absolute Gasteiger partial charge is 0.497 e. The van der Waals surface area contributed by atoms with Gasteiger partial charge in [0.05, 0.1) is 24.7 Å². The predicted molar refractivity (Wildman–Crippen MR) is 134 cm³/mol. The molecule has 9 heteroatoms. The molecule has 7 nitrogen and oxygen atoms in total. The highest BCUT2D eigenvalue weighted by atomic mass is 32.2. The van der Waals surface area contributed by atoms with Gasteiger partial charge in [0.1, 0.15) is 11.6 Å². The van der Waals surface area contributed by atoms with Crippen LogP contribution in [0.15, 0.2) is 51.3 Å². The molecule has 0 bridgehead atoms. The number of allylic oxidation sites excluding steroid dienone is 3. The van der Waals surface area contributed by atoms with Crippen LogP contribution in [-0.4, -0.2) is 28.3 Å². The fraction of sp³-hybridized carbons (Fsp3) is 0.440. The number of thioether (sulfide) groups is 1. The number of Topliss-reactive ketones (excluding diaryl/α,β-unsaturated/α-hetero) is 1. The normalized spacial score (nSPS) is 21.5. The van der Waals surface area contributed by atoms with E-state index in [0.717, 1.165) is 22.0 Å². The van der Waals surface area contributed by atoms with Gasteiger partial charge in [0.2, 0.25) is 5.13 Å². The maximum absolute atomic E-state index is 13.3. The molecule has 2 aliphatic carbocycles. The third kappa shape index (κ3) is 4.21.